The second-order valence-electron chi connectivity index (χ2n) is 6.68. The van der Waals surface area contributed by atoms with Crippen LogP contribution in [0.15, 0.2) is 48.5 Å². The SMILES string of the molecule is COc1ccccc1CNC(=O)C(C)N1CCN(c2ccccc2F)CC1. The number of rotatable bonds is 6. The Labute approximate surface area is 159 Å². The number of nitrogens with one attached hydrogen (secondary N) is 1. The molecule has 1 N–H and O–H groups in total. The van der Waals surface area contributed by atoms with E-state index in [2.05, 4.69) is 10.2 Å². The third-order valence-electron chi connectivity index (χ3n) is 5.08. The van der Waals surface area contributed by atoms with E-state index in [4.69, 9.17) is 4.74 Å². The molecule has 0 aromatic heterocycles. The first kappa shape index (κ1) is 19.2. The fraction of sp³-hybridized carbons (Fsp3) is 0.381. The molecule has 1 aliphatic rings. The summed E-state index contributed by atoms with van der Waals surface area (Å²) in [6, 6.07) is 14.2. The van der Waals surface area contributed by atoms with Crippen molar-refractivity contribution < 1.29 is 13.9 Å². The summed E-state index contributed by atoms with van der Waals surface area (Å²) in [4.78, 5) is 16.7. The van der Waals surface area contributed by atoms with E-state index in [-0.39, 0.29) is 17.8 Å². The fourth-order valence-corrected chi connectivity index (χ4v) is 3.40. The van der Waals surface area contributed by atoms with E-state index in [0.717, 1.165) is 24.4 Å². The highest BCUT2D eigenvalue weighted by molar-refractivity contribution is 5.81. The van der Waals surface area contributed by atoms with Gasteiger partial charge >= 0.3 is 0 Å². The fourth-order valence-electron chi connectivity index (χ4n) is 3.40. The maximum Gasteiger partial charge on any atom is 0.237 e. The Balaban J connectivity index is 1.52. The molecule has 0 saturated carbocycles. The Kier molecular flexibility index (Phi) is 6.29. The van der Waals surface area contributed by atoms with E-state index in [0.29, 0.717) is 25.3 Å². The summed E-state index contributed by atoms with van der Waals surface area (Å²) in [5, 5.41) is 2.99. The van der Waals surface area contributed by atoms with Crippen molar-refractivity contribution in [2.45, 2.75) is 19.5 Å². The molecule has 1 heterocycles. The van der Waals surface area contributed by atoms with Crippen molar-refractivity contribution in [2.24, 2.45) is 0 Å². The smallest absolute Gasteiger partial charge is 0.237 e. The number of ether oxygens (including phenoxy) is 1. The number of halogens is 1. The van der Waals surface area contributed by atoms with Crippen molar-refractivity contribution in [3.05, 3.63) is 59.9 Å². The zero-order chi connectivity index (χ0) is 19.2. The summed E-state index contributed by atoms with van der Waals surface area (Å²) in [6.07, 6.45) is 0. The molecule has 0 radical (unpaired) electrons. The van der Waals surface area contributed by atoms with Crippen LogP contribution in [0.2, 0.25) is 0 Å². The van der Waals surface area contributed by atoms with E-state index < -0.39 is 0 Å². The van der Waals surface area contributed by atoms with Crippen molar-refractivity contribution in [3.63, 3.8) is 0 Å². The quantitative estimate of drug-likeness (QED) is 0.848. The molecule has 1 saturated heterocycles. The van der Waals surface area contributed by atoms with Gasteiger partial charge in [-0.25, -0.2) is 4.39 Å². The molecular weight excluding hydrogens is 345 g/mol. The van der Waals surface area contributed by atoms with Crippen LogP contribution in [-0.2, 0) is 11.3 Å². The highest BCUT2D eigenvalue weighted by Gasteiger charge is 2.26. The van der Waals surface area contributed by atoms with Crippen LogP contribution >= 0.6 is 0 Å². The Morgan fingerprint density at radius 3 is 2.48 bits per heavy atom. The van der Waals surface area contributed by atoms with Crippen LogP contribution in [0.25, 0.3) is 0 Å². The lowest BCUT2D eigenvalue weighted by Gasteiger charge is -2.38. The first-order valence-electron chi connectivity index (χ1n) is 9.23. The average Bonchev–Trinajstić information content (AvgIpc) is 2.72. The van der Waals surface area contributed by atoms with Gasteiger partial charge in [0.1, 0.15) is 11.6 Å². The molecule has 2 aromatic carbocycles. The van der Waals surface area contributed by atoms with Crippen LogP contribution in [0.3, 0.4) is 0 Å². The topological polar surface area (TPSA) is 44.8 Å². The standard InChI is InChI=1S/C21H26FN3O2/c1-16(21(26)23-15-17-7-3-6-10-20(17)27-2)24-11-13-25(14-12-24)19-9-5-4-8-18(19)22/h3-10,16H,11-15H2,1-2H3,(H,23,26). The highest BCUT2D eigenvalue weighted by Crippen LogP contribution is 2.21. The van der Waals surface area contributed by atoms with Gasteiger partial charge in [-0.3, -0.25) is 9.69 Å². The molecule has 5 nitrogen and oxygen atoms in total. The predicted octanol–water partition coefficient (Wildman–Crippen LogP) is 2.66. The van der Waals surface area contributed by atoms with Gasteiger partial charge in [0.2, 0.25) is 5.91 Å². The van der Waals surface area contributed by atoms with Gasteiger partial charge in [0.05, 0.1) is 18.8 Å². The number of carbonyl (C=O) groups excluding carboxylic acids is 1. The molecule has 1 fully saturated rings. The lowest BCUT2D eigenvalue weighted by molar-refractivity contribution is -0.126. The molecular formula is C21H26FN3O2. The summed E-state index contributed by atoms with van der Waals surface area (Å²) < 4.78 is 19.3. The Morgan fingerprint density at radius 2 is 1.78 bits per heavy atom. The monoisotopic (exact) mass is 371 g/mol. The minimum absolute atomic E-state index is 0.0137. The van der Waals surface area contributed by atoms with E-state index in [1.165, 1.54) is 6.07 Å². The highest BCUT2D eigenvalue weighted by atomic mass is 19.1. The van der Waals surface area contributed by atoms with Gasteiger partial charge in [-0.15, -0.1) is 0 Å². The van der Waals surface area contributed by atoms with Gasteiger partial charge in [-0.05, 0) is 25.1 Å². The average molecular weight is 371 g/mol. The molecule has 1 amide bonds. The number of para-hydroxylation sites is 2. The zero-order valence-corrected chi connectivity index (χ0v) is 15.8. The third kappa shape index (κ3) is 4.57. The van der Waals surface area contributed by atoms with Crippen LogP contribution < -0.4 is 15.0 Å². The number of amides is 1. The summed E-state index contributed by atoms with van der Waals surface area (Å²) in [5.41, 5.74) is 1.58. The van der Waals surface area contributed by atoms with Crippen LogP contribution in [0.5, 0.6) is 5.75 Å². The van der Waals surface area contributed by atoms with Crippen molar-refractivity contribution in [1.29, 1.82) is 0 Å². The lowest BCUT2D eigenvalue weighted by atomic mass is 10.1. The van der Waals surface area contributed by atoms with Crippen molar-refractivity contribution in [1.82, 2.24) is 10.2 Å². The normalized spacial score (nSPS) is 16.0. The maximum atomic E-state index is 14.0. The first-order chi connectivity index (χ1) is 13.1. The Morgan fingerprint density at radius 1 is 1.11 bits per heavy atom. The van der Waals surface area contributed by atoms with E-state index in [9.17, 15) is 9.18 Å². The second-order valence-corrected chi connectivity index (χ2v) is 6.68. The van der Waals surface area contributed by atoms with E-state index >= 15 is 0 Å². The Hall–Kier alpha value is -2.60. The van der Waals surface area contributed by atoms with Gasteiger partial charge in [-0.2, -0.15) is 0 Å². The minimum atomic E-state index is -0.234. The number of carbonyl (C=O) groups is 1. The molecule has 1 atom stereocenters. The number of hydrogen-bond acceptors (Lipinski definition) is 4. The maximum absolute atomic E-state index is 14.0. The molecule has 0 spiro atoms. The van der Waals surface area contributed by atoms with Gasteiger partial charge < -0.3 is 15.0 Å². The summed E-state index contributed by atoms with van der Waals surface area (Å²) >= 11 is 0. The van der Waals surface area contributed by atoms with Gasteiger partial charge in [0.15, 0.2) is 0 Å². The summed E-state index contributed by atoms with van der Waals surface area (Å²) in [6.45, 7) is 5.18. The zero-order valence-electron chi connectivity index (χ0n) is 15.8. The Bertz CT molecular complexity index is 776. The number of benzene rings is 2. The second kappa shape index (κ2) is 8.86. The number of anilines is 1. The van der Waals surface area contributed by atoms with E-state index in [1.54, 1.807) is 19.2 Å². The van der Waals surface area contributed by atoms with Gasteiger partial charge in [-0.1, -0.05) is 30.3 Å². The molecule has 0 bridgehead atoms. The molecule has 3 rings (SSSR count). The number of hydrogen-bond donors (Lipinski definition) is 1. The van der Waals surface area contributed by atoms with Crippen LogP contribution in [0.4, 0.5) is 10.1 Å². The molecule has 144 valence electrons. The lowest BCUT2D eigenvalue weighted by Crippen LogP contribution is -2.54. The van der Waals surface area contributed by atoms with Crippen molar-refractivity contribution >= 4 is 11.6 Å². The number of nitrogens with zero attached hydrogens (tertiary/aromatic N) is 2. The van der Waals surface area contributed by atoms with Gasteiger partial charge in [0, 0.05) is 38.3 Å². The van der Waals surface area contributed by atoms with Crippen LogP contribution in [0, 0.1) is 5.82 Å². The summed E-state index contributed by atoms with van der Waals surface area (Å²) in [7, 11) is 1.62. The van der Waals surface area contributed by atoms with E-state index in [1.807, 2.05) is 42.2 Å². The number of piperazine rings is 1. The molecule has 6 heteroatoms. The molecule has 0 aliphatic carbocycles. The van der Waals surface area contributed by atoms with Crippen molar-refractivity contribution in [3.8, 4) is 5.75 Å². The van der Waals surface area contributed by atoms with Crippen molar-refractivity contribution in [2.75, 3.05) is 38.2 Å². The molecule has 27 heavy (non-hydrogen) atoms. The number of methoxy groups -OCH3 is 1. The largest absolute Gasteiger partial charge is 0.496 e. The molecule has 1 aliphatic heterocycles. The molecule has 2 aromatic rings. The third-order valence-corrected chi connectivity index (χ3v) is 5.08. The molecule has 1 unspecified atom stereocenters. The van der Waals surface area contributed by atoms with Crippen LogP contribution in [0.1, 0.15) is 12.5 Å². The minimum Gasteiger partial charge on any atom is -0.496 e. The van der Waals surface area contributed by atoms with Crippen LogP contribution in [-0.4, -0.2) is 50.1 Å². The summed E-state index contributed by atoms with van der Waals surface area (Å²) in [5.74, 6) is 0.553. The van der Waals surface area contributed by atoms with Gasteiger partial charge in [0.25, 0.3) is 0 Å². The predicted molar refractivity (Wildman–Crippen MR) is 104 cm³/mol. The first-order valence-corrected chi connectivity index (χ1v) is 9.23.